The van der Waals surface area contributed by atoms with Gasteiger partial charge in [-0.25, -0.2) is 0 Å². The third-order valence-electron chi connectivity index (χ3n) is 3.72. The number of ketones is 1. The van der Waals surface area contributed by atoms with E-state index in [0.717, 1.165) is 10.9 Å². The number of piperidine rings is 1. The first kappa shape index (κ1) is 13.2. The molecule has 1 fully saturated rings. The van der Waals surface area contributed by atoms with Crippen molar-refractivity contribution in [3.8, 4) is 0 Å². The van der Waals surface area contributed by atoms with E-state index < -0.39 is 0 Å². The Hall–Kier alpha value is -1.81. The summed E-state index contributed by atoms with van der Waals surface area (Å²) in [5, 5.41) is 1.67. The van der Waals surface area contributed by atoms with Crippen molar-refractivity contribution < 1.29 is 9.59 Å². The molecule has 104 valence electrons. The topological polar surface area (TPSA) is 42.3 Å². The molecule has 0 N–H and O–H groups in total. The van der Waals surface area contributed by atoms with E-state index in [1.807, 2.05) is 35.0 Å². The predicted octanol–water partition coefficient (Wildman–Crippen LogP) is 2.49. The van der Waals surface area contributed by atoms with Crippen LogP contribution in [0.25, 0.3) is 10.9 Å². The van der Waals surface area contributed by atoms with Crippen molar-refractivity contribution in [1.82, 2.24) is 9.47 Å². The molecule has 0 saturated carbocycles. The summed E-state index contributed by atoms with van der Waals surface area (Å²) in [6, 6.07) is 7.65. The molecule has 20 heavy (non-hydrogen) atoms. The van der Waals surface area contributed by atoms with Crippen molar-refractivity contribution in [2.24, 2.45) is 0 Å². The smallest absolute Gasteiger partial charge is 0.242 e. The SMILES string of the molecule is O=C1CCN(C(=O)Cn2ccc3cccc(Cl)c32)CC1. The molecule has 1 aromatic carbocycles. The number of Topliss-reactive ketones (excluding diaryl/α,β-unsaturated/α-hetero) is 1. The summed E-state index contributed by atoms with van der Waals surface area (Å²) < 4.78 is 1.87. The number of hydrogen-bond donors (Lipinski definition) is 0. The van der Waals surface area contributed by atoms with E-state index in [2.05, 4.69) is 0 Å². The number of aromatic nitrogens is 1. The van der Waals surface area contributed by atoms with Crippen LogP contribution in [-0.2, 0) is 16.1 Å². The molecule has 0 radical (unpaired) electrons. The van der Waals surface area contributed by atoms with Crippen LogP contribution in [0.5, 0.6) is 0 Å². The lowest BCUT2D eigenvalue weighted by molar-refractivity contribution is -0.135. The van der Waals surface area contributed by atoms with Crippen LogP contribution in [0.1, 0.15) is 12.8 Å². The minimum Gasteiger partial charge on any atom is -0.340 e. The average molecular weight is 291 g/mol. The Morgan fingerprint density at radius 3 is 2.70 bits per heavy atom. The zero-order valence-corrected chi connectivity index (χ0v) is 11.8. The van der Waals surface area contributed by atoms with Crippen LogP contribution in [0.3, 0.4) is 0 Å². The predicted molar refractivity (Wildman–Crippen MR) is 77.8 cm³/mol. The number of halogens is 1. The molecular weight excluding hydrogens is 276 g/mol. The number of benzene rings is 1. The lowest BCUT2D eigenvalue weighted by atomic mass is 10.1. The molecule has 0 unspecified atom stereocenters. The minimum absolute atomic E-state index is 0.0370. The number of rotatable bonds is 2. The molecule has 3 rings (SSSR count). The van der Waals surface area contributed by atoms with E-state index in [-0.39, 0.29) is 18.2 Å². The summed E-state index contributed by atoms with van der Waals surface area (Å²) in [4.78, 5) is 25.2. The molecule has 1 amide bonds. The molecule has 2 aromatic rings. The van der Waals surface area contributed by atoms with Crippen molar-refractivity contribution in [1.29, 1.82) is 0 Å². The van der Waals surface area contributed by atoms with Crippen molar-refractivity contribution in [3.05, 3.63) is 35.5 Å². The summed E-state index contributed by atoms with van der Waals surface area (Å²) in [6.45, 7) is 1.33. The molecule has 0 aliphatic carbocycles. The van der Waals surface area contributed by atoms with E-state index in [0.29, 0.717) is 31.0 Å². The van der Waals surface area contributed by atoms with Crippen molar-refractivity contribution >= 4 is 34.2 Å². The van der Waals surface area contributed by atoms with Gasteiger partial charge in [0.2, 0.25) is 5.91 Å². The molecule has 0 spiro atoms. The first-order chi connectivity index (χ1) is 9.65. The first-order valence-electron chi connectivity index (χ1n) is 6.68. The Morgan fingerprint density at radius 2 is 1.95 bits per heavy atom. The lowest BCUT2D eigenvalue weighted by Gasteiger charge is -2.26. The highest BCUT2D eigenvalue weighted by molar-refractivity contribution is 6.35. The standard InChI is InChI=1S/C15H15ClN2O2/c16-13-3-1-2-11-4-7-18(15(11)13)10-14(20)17-8-5-12(19)6-9-17/h1-4,7H,5-6,8-10H2. The third-order valence-corrected chi connectivity index (χ3v) is 4.02. The van der Waals surface area contributed by atoms with Crippen LogP contribution < -0.4 is 0 Å². The molecule has 0 bridgehead atoms. The maximum atomic E-state index is 12.3. The van der Waals surface area contributed by atoms with Crippen molar-refractivity contribution in [2.45, 2.75) is 19.4 Å². The molecule has 1 aliphatic heterocycles. The molecule has 2 heterocycles. The van der Waals surface area contributed by atoms with Gasteiger partial charge in [0.25, 0.3) is 0 Å². The quantitative estimate of drug-likeness (QED) is 0.853. The number of carbonyl (C=O) groups excluding carboxylic acids is 2. The maximum Gasteiger partial charge on any atom is 0.242 e. The highest BCUT2D eigenvalue weighted by atomic mass is 35.5. The summed E-state index contributed by atoms with van der Waals surface area (Å²) in [5.41, 5.74) is 0.885. The highest BCUT2D eigenvalue weighted by Crippen LogP contribution is 2.24. The van der Waals surface area contributed by atoms with Gasteiger partial charge >= 0.3 is 0 Å². The first-order valence-corrected chi connectivity index (χ1v) is 7.06. The van der Waals surface area contributed by atoms with Crippen LogP contribution in [0.15, 0.2) is 30.5 Å². The second kappa shape index (κ2) is 5.29. The Balaban J connectivity index is 1.79. The van der Waals surface area contributed by atoms with E-state index in [1.165, 1.54) is 0 Å². The molecule has 1 aromatic heterocycles. The second-order valence-corrected chi connectivity index (χ2v) is 5.45. The van der Waals surface area contributed by atoms with Crippen LogP contribution in [0.4, 0.5) is 0 Å². The summed E-state index contributed by atoms with van der Waals surface area (Å²) in [7, 11) is 0. The summed E-state index contributed by atoms with van der Waals surface area (Å²) in [5.74, 6) is 0.276. The van der Waals surface area contributed by atoms with Crippen LogP contribution >= 0.6 is 11.6 Å². The largest absolute Gasteiger partial charge is 0.340 e. The minimum atomic E-state index is 0.0370. The number of fused-ring (bicyclic) bond motifs is 1. The van der Waals surface area contributed by atoms with Gasteiger partial charge in [0.05, 0.1) is 10.5 Å². The number of carbonyl (C=O) groups is 2. The van der Waals surface area contributed by atoms with Crippen LogP contribution in [-0.4, -0.2) is 34.2 Å². The highest BCUT2D eigenvalue weighted by Gasteiger charge is 2.21. The zero-order chi connectivity index (χ0) is 14.1. The monoisotopic (exact) mass is 290 g/mol. The lowest BCUT2D eigenvalue weighted by Crippen LogP contribution is -2.40. The fourth-order valence-corrected chi connectivity index (χ4v) is 2.89. The van der Waals surface area contributed by atoms with Gasteiger partial charge in [0.1, 0.15) is 12.3 Å². The van der Waals surface area contributed by atoms with E-state index in [1.54, 1.807) is 4.90 Å². The van der Waals surface area contributed by atoms with Crippen LogP contribution in [0.2, 0.25) is 5.02 Å². The zero-order valence-electron chi connectivity index (χ0n) is 11.0. The van der Waals surface area contributed by atoms with Crippen molar-refractivity contribution in [3.63, 3.8) is 0 Å². The second-order valence-electron chi connectivity index (χ2n) is 5.04. The van der Waals surface area contributed by atoms with Crippen molar-refractivity contribution in [2.75, 3.05) is 13.1 Å². The fourth-order valence-electron chi connectivity index (χ4n) is 2.60. The van der Waals surface area contributed by atoms with Gasteiger partial charge in [-0.1, -0.05) is 23.7 Å². The van der Waals surface area contributed by atoms with Crippen LogP contribution in [0, 0.1) is 0 Å². The van der Waals surface area contributed by atoms with Gasteiger partial charge in [-0.3, -0.25) is 9.59 Å². The van der Waals surface area contributed by atoms with Gasteiger partial charge < -0.3 is 9.47 Å². The number of para-hydroxylation sites is 1. The molecular formula is C15H15ClN2O2. The molecule has 5 heteroatoms. The average Bonchev–Trinajstić information content (AvgIpc) is 2.84. The Morgan fingerprint density at radius 1 is 1.20 bits per heavy atom. The fraction of sp³-hybridized carbons (Fsp3) is 0.333. The Bertz CT molecular complexity index is 668. The number of hydrogen-bond acceptors (Lipinski definition) is 2. The summed E-state index contributed by atoms with van der Waals surface area (Å²) in [6.07, 6.45) is 2.82. The Kier molecular flexibility index (Phi) is 3.49. The maximum absolute atomic E-state index is 12.3. The Labute approximate surface area is 121 Å². The van der Waals surface area contributed by atoms with E-state index in [9.17, 15) is 9.59 Å². The molecule has 0 atom stereocenters. The van der Waals surface area contributed by atoms with Gasteiger partial charge in [-0.2, -0.15) is 0 Å². The van der Waals surface area contributed by atoms with Gasteiger partial charge in [0.15, 0.2) is 0 Å². The van der Waals surface area contributed by atoms with Gasteiger partial charge in [-0.15, -0.1) is 0 Å². The molecule has 4 nitrogen and oxygen atoms in total. The summed E-state index contributed by atoms with van der Waals surface area (Å²) >= 11 is 6.20. The number of likely N-dealkylation sites (tertiary alicyclic amines) is 1. The van der Waals surface area contributed by atoms with Gasteiger partial charge in [-0.05, 0) is 12.1 Å². The van der Waals surface area contributed by atoms with E-state index in [4.69, 9.17) is 11.6 Å². The number of nitrogens with zero attached hydrogens (tertiary/aromatic N) is 2. The molecule has 1 aliphatic rings. The normalized spacial score (nSPS) is 15.8. The van der Waals surface area contributed by atoms with Gasteiger partial charge in [0, 0.05) is 37.5 Å². The molecule has 1 saturated heterocycles. The van der Waals surface area contributed by atoms with E-state index >= 15 is 0 Å². The third kappa shape index (κ3) is 2.43. The number of amides is 1.